The van der Waals surface area contributed by atoms with Crippen LogP contribution in [0.1, 0.15) is 12.6 Å². The third-order valence-electron chi connectivity index (χ3n) is 3.35. The average Bonchev–Trinajstić information content (AvgIpc) is 2.74. The van der Waals surface area contributed by atoms with E-state index in [0.29, 0.717) is 6.54 Å². The molecule has 7 heteroatoms. The maximum Gasteiger partial charge on any atom is 0.315 e. The van der Waals surface area contributed by atoms with Crippen LogP contribution >= 0.6 is 0 Å². The molecule has 0 bridgehead atoms. The Kier molecular flexibility index (Phi) is 3.17. The van der Waals surface area contributed by atoms with Crippen molar-refractivity contribution in [1.29, 1.82) is 0 Å². The van der Waals surface area contributed by atoms with Crippen molar-refractivity contribution in [3.05, 3.63) is 24.2 Å². The minimum atomic E-state index is -0.108. The predicted octanol–water partition coefficient (Wildman–Crippen LogP) is 0.545. The van der Waals surface area contributed by atoms with E-state index >= 15 is 0 Å². The van der Waals surface area contributed by atoms with Gasteiger partial charge in [-0.05, 0) is 19.9 Å². The first-order valence-corrected chi connectivity index (χ1v) is 6.77. The number of anilines is 1. The molecule has 0 aromatic carbocycles. The number of urea groups is 1. The summed E-state index contributed by atoms with van der Waals surface area (Å²) in [5.41, 5.74) is 1.97. The fourth-order valence-corrected chi connectivity index (χ4v) is 2.41. The molecule has 20 heavy (non-hydrogen) atoms. The second-order valence-electron chi connectivity index (χ2n) is 4.97. The average molecular weight is 274 g/mol. The number of hydrogen-bond donors (Lipinski definition) is 2. The summed E-state index contributed by atoms with van der Waals surface area (Å²) in [7, 11) is 0. The normalized spacial score (nSPS) is 15.2. The van der Waals surface area contributed by atoms with E-state index in [4.69, 9.17) is 0 Å². The van der Waals surface area contributed by atoms with Crippen molar-refractivity contribution in [1.82, 2.24) is 25.2 Å². The number of carbonyl (C=O) groups is 1. The molecule has 0 radical (unpaired) electrons. The number of nitrogens with zero attached hydrogens (tertiary/aromatic N) is 4. The lowest BCUT2D eigenvalue weighted by molar-refractivity contribution is 0.234. The summed E-state index contributed by atoms with van der Waals surface area (Å²) >= 11 is 0. The third kappa shape index (κ3) is 2.26. The van der Waals surface area contributed by atoms with Crippen LogP contribution in [0.4, 0.5) is 10.6 Å². The highest BCUT2D eigenvalue weighted by Crippen LogP contribution is 2.23. The van der Waals surface area contributed by atoms with Gasteiger partial charge in [0.15, 0.2) is 5.82 Å². The highest BCUT2D eigenvalue weighted by Gasteiger charge is 2.30. The zero-order chi connectivity index (χ0) is 14.1. The van der Waals surface area contributed by atoms with Crippen LogP contribution in [0.15, 0.2) is 18.5 Å². The molecule has 2 amide bonds. The summed E-state index contributed by atoms with van der Waals surface area (Å²) in [6, 6.07) is 2.09. The van der Waals surface area contributed by atoms with Crippen LogP contribution in [0.5, 0.6) is 0 Å². The highest BCUT2D eigenvalue weighted by molar-refractivity contribution is 5.75. The molecule has 1 aliphatic heterocycles. The second-order valence-corrected chi connectivity index (χ2v) is 4.97. The molecule has 106 valence electrons. The summed E-state index contributed by atoms with van der Waals surface area (Å²) < 4.78 is 1.84. The summed E-state index contributed by atoms with van der Waals surface area (Å²) in [6.07, 6.45) is 3.59. The Bertz CT molecular complexity index is 631. The summed E-state index contributed by atoms with van der Waals surface area (Å²) in [5, 5.41) is 10.0. The fourth-order valence-electron chi connectivity index (χ4n) is 2.41. The Morgan fingerprint density at radius 2 is 2.30 bits per heavy atom. The van der Waals surface area contributed by atoms with Gasteiger partial charge < -0.3 is 15.5 Å². The molecular formula is C13H18N6O. The molecule has 2 aromatic heterocycles. The number of hydrogen-bond acceptors (Lipinski definition) is 4. The Balaban J connectivity index is 1.68. The zero-order valence-corrected chi connectivity index (χ0v) is 11.6. The van der Waals surface area contributed by atoms with Crippen LogP contribution in [-0.2, 0) is 0 Å². The van der Waals surface area contributed by atoms with E-state index < -0.39 is 0 Å². The summed E-state index contributed by atoms with van der Waals surface area (Å²) in [5.74, 6) is 0.919. The van der Waals surface area contributed by atoms with E-state index in [1.54, 1.807) is 6.20 Å². The minimum Gasteiger partial charge on any atom is -0.351 e. The van der Waals surface area contributed by atoms with Crippen molar-refractivity contribution in [2.75, 3.05) is 24.5 Å². The number of carbonyl (C=O) groups excluding carboxylic acids is 1. The van der Waals surface area contributed by atoms with E-state index in [9.17, 15) is 4.79 Å². The van der Waals surface area contributed by atoms with Gasteiger partial charge in [0.2, 0.25) is 0 Å². The number of rotatable bonds is 3. The van der Waals surface area contributed by atoms with Crippen molar-refractivity contribution < 1.29 is 4.79 Å². The van der Waals surface area contributed by atoms with Gasteiger partial charge in [-0.3, -0.25) is 0 Å². The molecule has 1 saturated heterocycles. The van der Waals surface area contributed by atoms with Crippen molar-refractivity contribution in [2.45, 2.75) is 19.9 Å². The van der Waals surface area contributed by atoms with Crippen LogP contribution < -0.4 is 15.5 Å². The largest absolute Gasteiger partial charge is 0.351 e. The molecular weight excluding hydrogens is 256 g/mol. The van der Waals surface area contributed by atoms with Crippen LogP contribution in [-0.4, -0.2) is 46.3 Å². The Morgan fingerprint density at radius 1 is 1.50 bits per heavy atom. The number of amides is 2. The van der Waals surface area contributed by atoms with Gasteiger partial charge in [0.25, 0.3) is 0 Å². The summed E-state index contributed by atoms with van der Waals surface area (Å²) in [4.78, 5) is 18.0. The van der Waals surface area contributed by atoms with E-state index in [-0.39, 0.29) is 12.1 Å². The smallest absolute Gasteiger partial charge is 0.315 e. The molecule has 2 aromatic rings. The lowest BCUT2D eigenvalue weighted by Gasteiger charge is -2.40. The lowest BCUT2D eigenvalue weighted by atomic mass is 10.1. The highest BCUT2D eigenvalue weighted by atomic mass is 16.2. The SMILES string of the molecule is CCNC(=O)NC1CN(c2nccn3nc(C)cc23)C1. The topological polar surface area (TPSA) is 74.6 Å². The number of aromatic nitrogens is 3. The Morgan fingerprint density at radius 3 is 3.05 bits per heavy atom. The van der Waals surface area contributed by atoms with Crippen molar-refractivity contribution >= 4 is 17.4 Å². The standard InChI is InChI=1S/C13H18N6O/c1-3-14-13(20)16-10-7-18(8-10)12-11-6-9(2)17-19(11)5-4-15-12/h4-6,10H,3,7-8H2,1-2H3,(H2,14,16,20). The van der Waals surface area contributed by atoms with E-state index in [0.717, 1.165) is 30.1 Å². The van der Waals surface area contributed by atoms with Crippen molar-refractivity contribution in [3.63, 3.8) is 0 Å². The molecule has 3 rings (SSSR count). The molecule has 2 N–H and O–H groups in total. The first-order chi connectivity index (χ1) is 9.67. The van der Waals surface area contributed by atoms with Gasteiger partial charge in [-0.2, -0.15) is 5.10 Å². The molecule has 1 aliphatic rings. The van der Waals surface area contributed by atoms with Crippen LogP contribution in [0.2, 0.25) is 0 Å². The first-order valence-electron chi connectivity index (χ1n) is 6.77. The third-order valence-corrected chi connectivity index (χ3v) is 3.35. The maximum absolute atomic E-state index is 11.4. The zero-order valence-electron chi connectivity index (χ0n) is 11.6. The number of nitrogens with one attached hydrogen (secondary N) is 2. The Labute approximate surface area is 117 Å². The molecule has 3 heterocycles. The molecule has 1 fully saturated rings. The monoisotopic (exact) mass is 274 g/mol. The van der Waals surface area contributed by atoms with Gasteiger partial charge >= 0.3 is 6.03 Å². The van der Waals surface area contributed by atoms with Gasteiger partial charge in [0, 0.05) is 32.0 Å². The molecule has 0 aliphatic carbocycles. The second kappa shape index (κ2) is 4.99. The fraction of sp³-hybridized carbons (Fsp3) is 0.462. The first kappa shape index (κ1) is 12.7. The predicted molar refractivity (Wildman–Crippen MR) is 75.9 cm³/mol. The lowest BCUT2D eigenvalue weighted by Crippen LogP contribution is -2.61. The molecule has 0 spiro atoms. The van der Waals surface area contributed by atoms with Gasteiger partial charge in [-0.25, -0.2) is 14.3 Å². The Hall–Kier alpha value is -2.31. The molecule has 7 nitrogen and oxygen atoms in total. The number of fused-ring (bicyclic) bond motifs is 1. The summed E-state index contributed by atoms with van der Waals surface area (Å²) in [6.45, 7) is 6.05. The quantitative estimate of drug-likeness (QED) is 0.857. The van der Waals surface area contributed by atoms with Gasteiger partial charge in [0.1, 0.15) is 5.52 Å². The maximum atomic E-state index is 11.4. The molecule has 0 atom stereocenters. The van der Waals surface area contributed by atoms with Gasteiger partial charge in [-0.15, -0.1) is 0 Å². The van der Waals surface area contributed by atoms with Crippen molar-refractivity contribution in [2.24, 2.45) is 0 Å². The molecule has 0 unspecified atom stereocenters. The molecule has 0 saturated carbocycles. The van der Waals surface area contributed by atoms with Crippen LogP contribution in [0.3, 0.4) is 0 Å². The van der Waals surface area contributed by atoms with Crippen LogP contribution in [0.25, 0.3) is 5.52 Å². The van der Waals surface area contributed by atoms with Crippen LogP contribution in [0, 0.1) is 6.92 Å². The number of aryl methyl sites for hydroxylation is 1. The van der Waals surface area contributed by atoms with Gasteiger partial charge in [0.05, 0.1) is 11.7 Å². The van der Waals surface area contributed by atoms with E-state index in [1.807, 2.05) is 30.6 Å². The van der Waals surface area contributed by atoms with Crippen molar-refractivity contribution in [3.8, 4) is 0 Å². The van der Waals surface area contributed by atoms with E-state index in [1.165, 1.54) is 0 Å². The van der Waals surface area contributed by atoms with E-state index in [2.05, 4.69) is 25.6 Å². The van der Waals surface area contributed by atoms with Gasteiger partial charge in [-0.1, -0.05) is 0 Å². The minimum absolute atomic E-state index is 0.108.